The van der Waals surface area contributed by atoms with Crippen molar-refractivity contribution in [2.24, 2.45) is 0 Å². The van der Waals surface area contributed by atoms with Gasteiger partial charge in [0.1, 0.15) is 0 Å². The van der Waals surface area contributed by atoms with Gasteiger partial charge in [-0.05, 0) is 0 Å². The van der Waals surface area contributed by atoms with Crippen LogP contribution in [0.15, 0.2) is 0 Å². The number of hydrogen-bond acceptors (Lipinski definition) is 4. The van der Waals surface area contributed by atoms with Crippen LogP contribution < -0.4 is 18.9 Å². The van der Waals surface area contributed by atoms with Crippen molar-refractivity contribution in [3.05, 3.63) is 5.76 Å². The zero-order valence-corrected chi connectivity index (χ0v) is 6.29. The molecule has 0 aromatic carbocycles. The molecule has 0 aliphatic carbocycles. The van der Waals surface area contributed by atoms with Crippen LogP contribution in [0.4, 0.5) is 8.96 Å². The van der Waals surface area contributed by atoms with E-state index >= 15 is 0 Å². The second-order valence-corrected chi connectivity index (χ2v) is 0.472. The van der Waals surface area contributed by atoms with Crippen LogP contribution in [-0.2, 0) is 23.1 Å². The molecule has 0 fully saturated rings. The fraction of sp³-hybridized carbons (Fsp3) is 0. The molecule has 0 amide bonds. The second-order valence-electron chi connectivity index (χ2n) is 0.200. The predicted octanol–water partition coefficient (Wildman–Crippen LogP) is -3.21. The molecule has 0 bridgehead atoms. The van der Waals surface area contributed by atoms with Crippen LogP contribution >= 0.6 is 0 Å². The fourth-order valence-corrected chi connectivity index (χ4v) is 0. The van der Waals surface area contributed by atoms with Crippen LogP contribution in [0.25, 0.3) is 5.76 Å². The van der Waals surface area contributed by atoms with Crippen LogP contribution in [0.5, 0.6) is 0 Å². The Morgan fingerprint density at radius 1 is 0.900 bits per heavy atom. The zero-order chi connectivity index (χ0) is 8.12. The van der Waals surface area contributed by atoms with Crippen LogP contribution in [0, 0.1) is 0 Å². The summed E-state index contributed by atoms with van der Waals surface area (Å²) < 4.78 is 51.7. The molecule has 0 atom stereocenters. The summed E-state index contributed by atoms with van der Waals surface area (Å²) in [5.41, 5.74) is 0. The van der Waals surface area contributed by atoms with E-state index in [0.29, 0.717) is 5.76 Å². The summed E-state index contributed by atoms with van der Waals surface area (Å²) in [7, 11) is 0. The van der Waals surface area contributed by atoms with Gasteiger partial charge in [-0.3, -0.25) is 0 Å². The van der Waals surface area contributed by atoms with Gasteiger partial charge in [0.15, 0.2) is 0 Å². The quantitative estimate of drug-likeness (QED) is 0.374. The molecule has 0 aromatic heterocycles. The molecular formula is F2LiNO4S2. The minimum absolute atomic E-state index is 0. The molecular weight excluding hydrogens is 187 g/mol. The van der Waals surface area contributed by atoms with Crippen molar-refractivity contribution in [2.45, 2.75) is 0 Å². The molecule has 0 aromatic rings. The Bertz CT molecular complexity index is 85.4. The first-order valence-corrected chi connectivity index (χ1v) is 2.34. The van der Waals surface area contributed by atoms with Crippen LogP contribution in [0.3, 0.4) is 0 Å². The SMILES string of the molecule is F[N-]F.O=S=O.O=S=O.[Li+]. The van der Waals surface area contributed by atoms with E-state index in [4.69, 9.17) is 16.8 Å². The van der Waals surface area contributed by atoms with Crippen LogP contribution in [0.1, 0.15) is 0 Å². The third kappa shape index (κ3) is 122000. The van der Waals surface area contributed by atoms with E-state index in [1.165, 1.54) is 0 Å². The minimum Gasteiger partial charge on any atom is -0.339 e. The normalized spacial score (nSPS) is 4.20. The van der Waals surface area contributed by atoms with Gasteiger partial charge in [0.25, 0.3) is 0 Å². The molecule has 0 aliphatic heterocycles. The van der Waals surface area contributed by atoms with E-state index < -0.39 is 23.1 Å². The summed E-state index contributed by atoms with van der Waals surface area (Å²) in [4.78, 5) is 0. The van der Waals surface area contributed by atoms with E-state index in [9.17, 15) is 8.96 Å². The largest absolute Gasteiger partial charge is 1.00 e. The monoisotopic (exact) mass is 187 g/mol. The summed E-state index contributed by atoms with van der Waals surface area (Å²) in [5.74, 6) is 0.500. The molecule has 56 valence electrons. The van der Waals surface area contributed by atoms with Crippen molar-refractivity contribution in [3.8, 4) is 0 Å². The van der Waals surface area contributed by atoms with Gasteiger partial charge in [0.05, 0.1) is 0 Å². The molecule has 10 heavy (non-hydrogen) atoms. The van der Waals surface area contributed by atoms with E-state index in [0.717, 1.165) is 0 Å². The molecule has 0 spiro atoms. The molecule has 0 unspecified atom stereocenters. The Labute approximate surface area is 73.8 Å². The minimum atomic E-state index is -0.750. The van der Waals surface area contributed by atoms with Crippen molar-refractivity contribution in [3.63, 3.8) is 0 Å². The molecule has 0 heterocycles. The van der Waals surface area contributed by atoms with Crippen molar-refractivity contribution >= 4 is 23.1 Å². The smallest absolute Gasteiger partial charge is 0.339 e. The predicted molar refractivity (Wildman–Crippen MR) is 23.4 cm³/mol. The number of nitrogens with zero attached hydrogens (tertiary/aromatic N) is 1. The van der Waals surface area contributed by atoms with Gasteiger partial charge in [-0.25, -0.2) is 0 Å². The molecule has 10 heteroatoms. The van der Waals surface area contributed by atoms with Crippen LogP contribution in [0.2, 0.25) is 0 Å². The standard InChI is InChI=1S/F2N.Li.2O2S/c1-3-2;;2*1-3-2/q-1;+1;;. The van der Waals surface area contributed by atoms with Crippen molar-refractivity contribution in [1.82, 2.24) is 0 Å². The first kappa shape index (κ1) is 22.5. The third-order valence-electron chi connectivity index (χ3n) is 0. The van der Waals surface area contributed by atoms with Gasteiger partial charge in [-0.1, -0.05) is 0 Å². The molecule has 0 rings (SSSR count). The maximum absolute atomic E-state index is 9.25. The Hall–Kier alpha value is 0.0574. The average molecular weight is 187 g/mol. The van der Waals surface area contributed by atoms with Gasteiger partial charge >= 0.3 is 42.0 Å². The fourth-order valence-electron chi connectivity index (χ4n) is 0. The van der Waals surface area contributed by atoms with Crippen molar-refractivity contribution in [2.75, 3.05) is 0 Å². The number of rotatable bonds is 0. The topological polar surface area (TPSA) is 82.4 Å². The summed E-state index contributed by atoms with van der Waals surface area (Å²) in [6.45, 7) is 0. The maximum Gasteiger partial charge on any atom is 1.00 e. The Balaban J connectivity index is -0.0000000257. The average Bonchev–Trinajstić information content (AvgIpc) is 1.70. The molecule has 0 saturated heterocycles. The van der Waals surface area contributed by atoms with Gasteiger partial charge < -0.3 is 14.7 Å². The summed E-state index contributed by atoms with van der Waals surface area (Å²) in [5, 5.41) is 0. The van der Waals surface area contributed by atoms with E-state index in [1.54, 1.807) is 0 Å². The van der Waals surface area contributed by atoms with E-state index in [-0.39, 0.29) is 18.9 Å². The Kier molecular flexibility index (Phi) is 141. The third-order valence-corrected chi connectivity index (χ3v) is 0. The molecule has 0 N–H and O–H groups in total. The summed E-state index contributed by atoms with van der Waals surface area (Å²) in [6, 6.07) is 0. The van der Waals surface area contributed by atoms with Gasteiger partial charge in [0, 0.05) is 0 Å². The van der Waals surface area contributed by atoms with E-state index in [1.807, 2.05) is 0 Å². The molecule has 0 aliphatic rings. The van der Waals surface area contributed by atoms with Crippen molar-refractivity contribution < 1.29 is 44.7 Å². The van der Waals surface area contributed by atoms with Gasteiger partial charge in [-0.15, -0.1) is 0 Å². The summed E-state index contributed by atoms with van der Waals surface area (Å²) >= 11 is -1.50. The zero-order valence-electron chi connectivity index (χ0n) is 4.65. The van der Waals surface area contributed by atoms with Crippen LogP contribution in [-0.4, -0.2) is 16.8 Å². The number of hydrogen-bond donors (Lipinski definition) is 0. The maximum atomic E-state index is 9.25. The van der Waals surface area contributed by atoms with E-state index in [2.05, 4.69) is 0 Å². The first-order chi connectivity index (χ1) is 4.24. The molecule has 5 nitrogen and oxygen atoms in total. The number of halogens is 2. The second kappa shape index (κ2) is 62.9. The molecule has 0 saturated carbocycles. The van der Waals surface area contributed by atoms with Gasteiger partial charge in [0.2, 0.25) is 0 Å². The first-order valence-electron chi connectivity index (χ1n) is 1.00. The molecule has 0 radical (unpaired) electrons. The summed E-state index contributed by atoms with van der Waals surface area (Å²) in [6.07, 6.45) is 0. The Morgan fingerprint density at radius 3 is 0.900 bits per heavy atom. The van der Waals surface area contributed by atoms with Crippen molar-refractivity contribution in [1.29, 1.82) is 0 Å². The Morgan fingerprint density at radius 2 is 0.900 bits per heavy atom. The van der Waals surface area contributed by atoms with Gasteiger partial charge in [-0.2, -0.15) is 16.8 Å².